The maximum atomic E-state index is 12.3. The van der Waals surface area contributed by atoms with Crippen LogP contribution >= 0.6 is 15.9 Å². The van der Waals surface area contributed by atoms with Crippen LogP contribution in [0.15, 0.2) is 27.6 Å². The van der Waals surface area contributed by atoms with Gasteiger partial charge in [0.05, 0.1) is 24.6 Å². The van der Waals surface area contributed by atoms with E-state index in [1.807, 2.05) is 0 Å². The van der Waals surface area contributed by atoms with Gasteiger partial charge in [-0.25, -0.2) is 0 Å². The highest BCUT2D eigenvalue weighted by atomic mass is 79.9. The molecule has 8 heteroatoms. The highest BCUT2D eigenvalue weighted by Crippen LogP contribution is 2.31. The first-order chi connectivity index (χ1) is 9.10. The fourth-order valence-corrected chi connectivity index (χ4v) is 2.63. The molecule has 0 spiro atoms. The molecule has 19 heavy (non-hydrogen) atoms. The molecule has 0 saturated carbocycles. The summed E-state index contributed by atoms with van der Waals surface area (Å²) in [6.07, 6.45) is 3.35. The van der Waals surface area contributed by atoms with Crippen molar-refractivity contribution in [3.05, 3.63) is 34.5 Å². The molecule has 0 aromatic carbocycles. The molecule has 0 aliphatic carbocycles. The predicted octanol–water partition coefficient (Wildman–Crippen LogP) is 0.894. The highest BCUT2D eigenvalue weighted by molar-refractivity contribution is 9.10. The quantitative estimate of drug-likeness (QED) is 0.854. The van der Waals surface area contributed by atoms with E-state index in [9.17, 15) is 9.90 Å². The number of carbonyl (C=O) groups is 1. The second-order valence-electron chi connectivity index (χ2n) is 4.47. The van der Waals surface area contributed by atoms with Crippen molar-refractivity contribution in [2.24, 2.45) is 0 Å². The summed E-state index contributed by atoms with van der Waals surface area (Å²) in [6, 6.07) is 1.60. The van der Waals surface area contributed by atoms with Crippen LogP contribution in [0.2, 0.25) is 0 Å². The Balaban J connectivity index is 1.80. The van der Waals surface area contributed by atoms with Crippen LogP contribution in [0.3, 0.4) is 0 Å². The number of aromatic amines is 1. The third-order valence-corrected chi connectivity index (χ3v) is 3.89. The number of halogens is 1. The van der Waals surface area contributed by atoms with Gasteiger partial charge in [-0.1, -0.05) is 0 Å². The third kappa shape index (κ3) is 2.06. The van der Waals surface area contributed by atoms with E-state index < -0.39 is 5.60 Å². The van der Waals surface area contributed by atoms with Crippen molar-refractivity contribution < 1.29 is 14.3 Å². The number of β-amino-alcohol motifs (C(OH)–C–C–N with tert-alkyl or cyclic N) is 1. The van der Waals surface area contributed by atoms with Crippen LogP contribution in [0.4, 0.5) is 0 Å². The summed E-state index contributed by atoms with van der Waals surface area (Å²) in [4.78, 5) is 13.8. The van der Waals surface area contributed by atoms with Crippen LogP contribution in [-0.4, -0.2) is 44.4 Å². The Hall–Kier alpha value is -1.67. The fourth-order valence-electron chi connectivity index (χ4n) is 2.22. The van der Waals surface area contributed by atoms with Crippen molar-refractivity contribution in [2.45, 2.75) is 12.0 Å². The maximum Gasteiger partial charge on any atom is 0.258 e. The molecule has 100 valence electrons. The first-order valence-electron chi connectivity index (χ1n) is 5.71. The molecule has 1 unspecified atom stereocenters. The van der Waals surface area contributed by atoms with E-state index >= 15 is 0 Å². The highest BCUT2D eigenvalue weighted by Gasteiger charge is 2.42. The van der Waals surface area contributed by atoms with Crippen molar-refractivity contribution in [1.82, 2.24) is 20.3 Å². The minimum Gasteiger partial charge on any atom is -0.457 e. The van der Waals surface area contributed by atoms with Crippen molar-refractivity contribution in [3.63, 3.8) is 0 Å². The van der Waals surface area contributed by atoms with Gasteiger partial charge in [0, 0.05) is 13.0 Å². The number of aliphatic hydroxyl groups is 1. The Bertz CT molecular complexity index is 597. The summed E-state index contributed by atoms with van der Waals surface area (Å²) < 4.78 is 5.45. The summed E-state index contributed by atoms with van der Waals surface area (Å²) in [5.41, 5.74) is -0.239. The largest absolute Gasteiger partial charge is 0.457 e. The molecule has 3 heterocycles. The molecule has 1 aliphatic rings. The summed E-state index contributed by atoms with van der Waals surface area (Å²) in [5.74, 6) is -0.181. The normalized spacial score (nSPS) is 22.9. The van der Waals surface area contributed by atoms with Crippen molar-refractivity contribution in [3.8, 4) is 0 Å². The number of amides is 1. The van der Waals surface area contributed by atoms with E-state index in [1.165, 1.54) is 12.5 Å². The summed E-state index contributed by atoms with van der Waals surface area (Å²) in [7, 11) is 0. The number of nitrogens with one attached hydrogen (secondary N) is 1. The zero-order valence-electron chi connectivity index (χ0n) is 9.84. The lowest BCUT2D eigenvalue weighted by molar-refractivity contribution is 0.0381. The lowest BCUT2D eigenvalue weighted by atomic mass is 10.00. The molecule has 3 rings (SSSR count). The smallest absolute Gasteiger partial charge is 0.258 e. The summed E-state index contributed by atoms with van der Waals surface area (Å²) in [6.45, 7) is 0.649. The molecule has 2 N–H and O–H groups in total. The van der Waals surface area contributed by atoms with Gasteiger partial charge in [0.15, 0.2) is 4.67 Å². The van der Waals surface area contributed by atoms with Crippen LogP contribution in [0.1, 0.15) is 22.5 Å². The summed E-state index contributed by atoms with van der Waals surface area (Å²) in [5, 5.41) is 20.5. The fraction of sp³-hybridized carbons (Fsp3) is 0.364. The molecule has 1 amide bonds. The van der Waals surface area contributed by atoms with E-state index in [0.717, 1.165) is 0 Å². The van der Waals surface area contributed by atoms with E-state index in [2.05, 4.69) is 31.3 Å². The lowest BCUT2D eigenvalue weighted by Gasteiger charge is -2.20. The standard InChI is InChI=1S/C11H11BrN4O3/c12-9-7(1-4-19-9)10(17)16-3-2-11(18,6-16)8-5-13-15-14-8/h1,4-5,18H,2-3,6H2,(H,13,14,15). The number of hydrogen-bond donors (Lipinski definition) is 2. The molecule has 1 saturated heterocycles. The minimum absolute atomic E-state index is 0.181. The number of carbonyl (C=O) groups excluding carboxylic acids is 1. The Morgan fingerprint density at radius 1 is 1.63 bits per heavy atom. The number of hydrogen-bond acceptors (Lipinski definition) is 5. The summed E-state index contributed by atoms with van der Waals surface area (Å²) >= 11 is 3.18. The number of likely N-dealkylation sites (tertiary alicyclic amines) is 1. The van der Waals surface area contributed by atoms with Gasteiger partial charge in [-0.3, -0.25) is 4.79 Å². The first-order valence-corrected chi connectivity index (χ1v) is 6.50. The van der Waals surface area contributed by atoms with E-state index in [4.69, 9.17) is 4.42 Å². The molecule has 0 radical (unpaired) electrons. The minimum atomic E-state index is -1.14. The molecular formula is C11H11BrN4O3. The van der Waals surface area contributed by atoms with Crippen LogP contribution in [0, 0.1) is 0 Å². The van der Waals surface area contributed by atoms with Gasteiger partial charge in [-0.15, -0.1) is 0 Å². The van der Waals surface area contributed by atoms with Crippen LogP contribution in [-0.2, 0) is 5.60 Å². The maximum absolute atomic E-state index is 12.3. The number of aromatic nitrogens is 3. The van der Waals surface area contributed by atoms with Gasteiger partial charge in [0.25, 0.3) is 5.91 Å². The zero-order valence-corrected chi connectivity index (χ0v) is 11.4. The number of nitrogens with zero attached hydrogens (tertiary/aromatic N) is 3. The topological polar surface area (TPSA) is 95.3 Å². The van der Waals surface area contributed by atoms with Gasteiger partial charge in [0.1, 0.15) is 11.3 Å². The monoisotopic (exact) mass is 326 g/mol. The number of rotatable bonds is 2. The van der Waals surface area contributed by atoms with Crippen LogP contribution in [0.5, 0.6) is 0 Å². The molecule has 2 aromatic rings. The van der Waals surface area contributed by atoms with E-state index in [-0.39, 0.29) is 12.5 Å². The molecule has 7 nitrogen and oxygen atoms in total. The van der Waals surface area contributed by atoms with Crippen LogP contribution < -0.4 is 0 Å². The van der Waals surface area contributed by atoms with Gasteiger partial charge < -0.3 is 14.4 Å². The van der Waals surface area contributed by atoms with Crippen molar-refractivity contribution >= 4 is 21.8 Å². The Morgan fingerprint density at radius 2 is 2.47 bits per heavy atom. The van der Waals surface area contributed by atoms with E-state index in [1.54, 1.807) is 11.0 Å². The second kappa shape index (κ2) is 4.46. The number of H-pyrrole nitrogens is 1. The van der Waals surface area contributed by atoms with Crippen molar-refractivity contribution in [2.75, 3.05) is 13.1 Å². The van der Waals surface area contributed by atoms with Gasteiger partial charge in [0.2, 0.25) is 0 Å². The van der Waals surface area contributed by atoms with Gasteiger partial charge in [-0.2, -0.15) is 15.4 Å². The number of furan rings is 1. The molecule has 1 atom stereocenters. The van der Waals surface area contributed by atoms with Gasteiger partial charge in [-0.05, 0) is 22.0 Å². The molecule has 1 fully saturated rings. The average Bonchev–Trinajstić information content (AvgIpc) is 3.08. The van der Waals surface area contributed by atoms with E-state index in [0.29, 0.717) is 28.9 Å². The van der Waals surface area contributed by atoms with Gasteiger partial charge >= 0.3 is 0 Å². The molecular weight excluding hydrogens is 316 g/mol. The third-order valence-electron chi connectivity index (χ3n) is 3.28. The Labute approximate surface area is 116 Å². The molecule has 2 aromatic heterocycles. The second-order valence-corrected chi connectivity index (χ2v) is 5.19. The van der Waals surface area contributed by atoms with Crippen molar-refractivity contribution in [1.29, 1.82) is 0 Å². The average molecular weight is 327 g/mol. The molecule has 0 bridgehead atoms. The SMILES string of the molecule is O=C(c1ccoc1Br)N1CCC(O)(c2cn[nH]n2)C1. The molecule has 1 aliphatic heterocycles. The Morgan fingerprint density at radius 3 is 3.11 bits per heavy atom. The first kappa shape index (κ1) is 12.4. The predicted molar refractivity (Wildman–Crippen MR) is 67.2 cm³/mol. The Kier molecular flexibility index (Phi) is 2.90. The lowest BCUT2D eigenvalue weighted by Crippen LogP contribution is -2.34. The van der Waals surface area contributed by atoms with Crippen LogP contribution in [0.25, 0.3) is 0 Å². The zero-order chi connectivity index (χ0) is 13.5.